The minimum Gasteiger partial charge on any atom is -0.459 e. The van der Waals surface area contributed by atoms with Gasteiger partial charge in [0.2, 0.25) is 0 Å². The highest BCUT2D eigenvalue weighted by Gasteiger charge is 2.24. The number of hydrogen-bond acceptors (Lipinski definition) is 4. The van der Waals surface area contributed by atoms with Crippen LogP contribution in [0, 0.1) is 6.92 Å². The van der Waals surface area contributed by atoms with Gasteiger partial charge in [-0.15, -0.1) is 0 Å². The molecule has 4 heteroatoms. The number of nitrogens with two attached hydrogens (primary N) is 1. The SMILES string of the molecule is CCOC(CC)C(NN)c1cc2cc(C)ccc2o1. The fourth-order valence-electron chi connectivity index (χ4n) is 2.37. The van der Waals surface area contributed by atoms with Crippen LogP contribution in [0.15, 0.2) is 28.7 Å². The van der Waals surface area contributed by atoms with Crippen molar-refractivity contribution in [2.75, 3.05) is 6.61 Å². The molecule has 0 bridgehead atoms. The van der Waals surface area contributed by atoms with Gasteiger partial charge in [-0.25, -0.2) is 5.43 Å². The molecular formula is C15H22N2O2. The van der Waals surface area contributed by atoms with Gasteiger partial charge in [-0.05, 0) is 38.5 Å². The minimum absolute atomic E-state index is 0.0108. The number of rotatable bonds is 6. The molecule has 1 aromatic heterocycles. The Bertz CT molecular complexity index is 536. The molecule has 2 unspecified atom stereocenters. The summed E-state index contributed by atoms with van der Waals surface area (Å²) < 4.78 is 11.6. The first-order chi connectivity index (χ1) is 9.19. The smallest absolute Gasteiger partial charge is 0.134 e. The van der Waals surface area contributed by atoms with E-state index in [2.05, 4.69) is 25.3 Å². The van der Waals surface area contributed by atoms with Crippen molar-refractivity contribution in [1.82, 2.24) is 5.43 Å². The molecule has 0 saturated carbocycles. The van der Waals surface area contributed by atoms with Crippen LogP contribution >= 0.6 is 0 Å². The van der Waals surface area contributed by atoms with Crippen molar-refractivity contribution >= 4 is 11.0 Å². The summed E-state index contributed by atoms with van der Waals surface area (Å²) in [6, 6.07) is 8.05. The summed E-state index contributed by atoms with van der Waals surface area (Å²) in [5.74, 6) is 6.50. The predicted octanol–water partition coefficient (Wildman–Crippen LogP) is 3.06. The van der Waals surface area contributed by atoms with Crippen molar-refractivity contribution in [2.24, 2.45) is 5.84 Å². The molecule has 0 fully saturated rings. The molecule has 19 heavy (non-hydrogen) atoms. The van der Waals surface area contributed by atoms with Crippen molar-refractivity contribution in [3.63, 3.8) is 0 Å². The van der Waals surface area contributed by atoms with E-state index in [1.165, 1.54) is 5.56 Å². The highest BCUT2D eigenvalue weighted by atomic mass is 16.5. The maximum absolute atomic E-state index is 5.88. The Balaban J connectivity index is 2.34. The Morgan fingerprint density at radius 1 is 1.32 bits per heavy atom. The minimum atomic E-state index is -0.127. The van der Waals surface area contributed by atoms with Crippen molar-refractivity contribution in [1.29, 1.82) is 0 Å². The number of nitrogens with one attached hydrogen (secondary N) is 1. The van der Waals surface area contributed by atoms with Crippen molar-refractivity contribution in [3.8, 4) is 0 Å². The van der Waals surface area contributed by atoms with E-state index in [-0.39, 0.29) is 12.1 Å². The zero-order valence-electron chi connectivity index (χ0n) is 11.8. The normalized spacial score (nSPS) is 14.7. The van der Waals surface area contributed by atoms with Crippen LogP contribution < -0.4 is 11.3 Å². The summed E-state index contributed by atoms with van der Waals surface area (Å²) >= 11 is 0. The Morgan fingerprint density at radius 2 is 2.11 bits per heavy atom. The van der Waals surface area contributed by atoms with Crippen molar-refractivity contribution < 1.29 is 9.15 Å². The highest BCUT2D eigenvalue weighted by Crippen LogP contribution is 2.28. The number of hydrazine groups is 1. The molecule has 0 amide bonds. The average molecular weight is 262 g/mol. The monoisotopic (exact) mass is 262 g/mol. The summed E-state index contributed by atoms with van der Waals surface area (Å²) in [7, 11) is 0. The molecule has 4 nitrogen and oxygen atoms in total. The lowest BCUT2D eigenvalue weighted by molar-refractivity contribution is 0.0262. The third-order valence-corrected chi connectivity index (χ3v) is 3.33. The Kier molecular flexibility index (Phi) is 4.58. The molecule has 0 radical (unpaired) electrons. The summed E-state index contributed by atoms with van der Waals surface area (Å²) in [4.78, 5) is 0. The van der Waals surface area contributed by atoms with E-state index >= 15 is 0 Å². The molecule has 0 saturated heterocycles. The zero-order chi connectivity index (χ0) is 13.8. The Labute approximate surface area is 113 Å². The molecular weight excluding hydrogens is 240 g/mol. The number of hydrogen-bond donors (Lipinski definition) is 2. The van der Waals surface area contributed by atoms with Crippen LogP contribution in [-0.4, -0.2) is 12.7 Å². The third kappa shape index (κ3) is 2.97. The van der Waals surface area contributed by atoms with E-state index in [1.807, 2.05) is 25.1 Å². The number of furan rings is 1. The van der Waals surface area contributed by atoms with Crippen LogP contribution in [-0.2, 0) is 4.74 Å². The van der Waals surface area contributed by atoms with Gasteiger partial charge >= 0.3 is 0 Å². The lowest BCUT2D eigenvalue weighted by Gasteiger charge is -2.23. The van der Waals surface area contributed by atoms with E-state index in [0.717, 1.165) is 23.2 Å². The van der Waals surface area contributed by atoms with Gasteiger partial charge in [-0.1, -0.05) is 18.6 Å². The molecule has 0 aliphatic heterocycles. The van der Waals surface area contributed by atoms with Crippen LogP contribution in [0.25, 0.3) is 11.0 Å². The third-order valence-electron chi connectivity index (χ3n) is 3.33. The molecule has 104 valence electrons. The Hall–Kier alpha value is -1.36. The Morgan fingerprint density at radius 3 is 2.74 bits per heavy atom. The lowest BCUT2D eigenvalue weighted by atomic mass is 10.1. The summed E-state index contributed by atoms with van der Waals surface area (Å²) in [6.07, 6.45) is 0.885. The first kappa shape index (κ1) is 14.1. The molecule has 0 spiro atoms. The molecule has 2 atom stereocenters. The predicted molar refractivity (Wildman–Crippen MR) is 76.7 cm³/mol. The second-order valence-electron chi connectivity index (χ2n) is 4.74. The quantitative estimate of drug-likeness (QED) is 0.620. The lowest BCUT2D eigenvalue weighted by Crippen LogP contribution is -2.37. The number of aryl methyl sites for hydroxylation is 1. The zero-order valence-corrected chi connectivity index (χ0v) is 11.8. The molecule has 2 rings (SSSR count). The topological polar surface area (TPSA) is 60.4 Å². The fourth-order valence-corrected chi connectivity index (χ4v) is 2.37. The molecule has 3 N–H and O–H groups in total. The van der Waals surface area contributed by atoms with Crippen LogP contribution in [0.3, 0.4) is 0 Å². The van der Waals surface area contributed by atoms with Crippen LogP contribution in [0.2, 0.25) is 0 Å². The highest BCUT2D eigenvalue weighted by molar-refractivity contribution is 5.78. The van der Waals surface area contributed by atoms with Crippen molar-refractivity contribution in [2.45, 2.75) is 39.3 Å². The number of ether oxygens (including phenoxy) is 1. The second kappa shape index (κ2) is 6.19. The van der Waals surface area contributed by atoms with E-state index in [1.54, 1.807) is 0 Å². The average Bonchev–Trinajstić information content (AvgIpc) is 2.81. The molecule has 2 aromatic rings. The largest absolute Gasteiger partial charge is 0.459 e. The van der Waals surface area contributed by atoms with Gasteiger partial charge in [-0.2, -0.15) is 0 Å². The number of benzene rings is 1. The van der Waals surface area contributed by atoms with Crippen LogP contribution in [0.1, 0.15) is 37.6 Å². The second-order valence-corrected chi connectivity index (χ2v) is 4.74. The van der Waals surface area contributed by atoms with E-state index < -0.39 is 0 Å². The van der Waals surface area contributed by atoms with Gasteiger partial charge in [0.05, 0.1) is 6.10 Å². The molecule has 0 aliphatic carbocycles. The summed E-state index contributed by atoms with van der Waals surface area (Å²) in [5, 5.41) is 1.10. The van der Waals surface area contributed by atoms with E-state index in [4.69, 9.17) is 15.0 Å². The molecule has 1 aromatic carbocycles. The first-order valence-corrected chi connectivity index (χ1v) is 6.77. The van der Waals surface area contributed by atoms with Gasteiger partial charge in [0.25, 0.3) is 0 Å². The first-order valence-electron chi connectivity index (χ1n) is 6.77. The maximum atomic E-state index is 5.88. The van der Waals surface area contributed by atoms with Gasteiger partial charge in [0, 0.05) is 12.0 Å². The van der Waals surface area contributed by atoms with Crippen LogP contribution in [0.4, 0.5) is 0 Å². The number of fused-ring (bicyclic) bond motifs is 1. The van der Waals surface area contributed by atoms with Crippen molar-refractivity contribution in [3.05, 3.63) is 35.6 Å². The maximum Gasteiger partial charge on any atom is 0.134 e. The van der Waals surface area contributed by atoms with Gasteiger partial charge in [-0.3, -0.25) is 5.84 Å². The van der Waals surface area contributed by atoms with Crippen LogP contribution in [0.5, 0.6) is 0 Å². The standard InChI is InChI=1S/C15H22N2O2/c1-4-12(18-5-2)15(17-16)14-9-11-8-10(3)6-7-13(11)19-14/h6-9,12,15,17H,4-5,16H2,1-3H3. The summed E-state index contributed by atoms with van der Waals surface area (Å²) in [6.45, 7) is 6.80. The van der Waals surface area contributed by atoms with Gasteiger partial charge in [0.15, 0.2) is 0 Å². The fraction of sp³-hybridized carbons (Fsp3) is 0.467. The van der Waals surface area contributed by atoms with Gasteiger partial charge in [0.1, 0.15) is 17.4 Å². The summed E-state index contributed by atoms with van der Waals surface area (Å²) in [5.41, 5.74) is 4.91. The molecule has 1 heterocycles. The molecule has 0 aliphatic rings. The van der Waals surface area contributed by atoms with E-state index in [9.17, 15) is 0 Å². The van der Waals surface area contributed by atoms with Gasteiger partial charge < -0.3 is 9.15 Å². The van der Waals surface area contributed by atoms with E-state index in [0.29, 0.717) is 6.61 Å².